The van der Waals surface area contributed by atoms with Crippen molar-refractivity contribution in [2.24, 2.45) is 0 Å². The summed E-state index contributed by atoms with van der Waals surface area (Å²) < 4.78 is 2.07. The molecule has 24 heavy (non-hydrogen) atoms. The molecule has 0 saturated heterocycles. The molecule has 0 atom stereocenters. The van der Waals surface area contributed by atoms with E-state index in [-0.39, 0.29) is 0 Å². The first kappa shape index (κ1) is 15.2. The van der Waals surface area contributed by atoms with E-state index in [0.29, 0.717) is 0 Å². The van der Waals surface area contributed by atoms with Crippen molar-refractivity contribution in [2.75, 3.05) is 6.54 Å². The van der Waals surface area contributed by atoms with Gasteiger partial charge in [0.25, 0.3) is 0 Å². The maximum absolute atomic E-state index is 4.70. The van der Waals surface area contributed by atoms with E-state index < -0.39 is 0 Å². The average molecular weight is 322 g/mol. The maximum Gasteiger partial charge on any atom is 0.234 e. The molecule has 0 saturated carbocycles. The summed E-state index contributed by atoms with van der Waals surface area (Å²) in [4.78, 5) is 20.7. The van der Waals surface area contributed by atoms with Crippen molar-refractivity contribution in [3.05, 3.63) is 52.6 Å². The molecular formula is C18H22N6. The lowest BCUT2D eigenvalue weighted by Crippen LogP contribution is -2.31. The number of fused-ring (bicyclic) bond motifs is 2. The summed E-state index contributed by atoms with van der Waals surface area (Å²) in [7, 11) is 0. The molecule has 4 rings (SSSR count). The molecule has 0 spiro atoms. The molecule has 0 aliphatic carbocycles. The molecule has 4 heterocycles. The number of hydrogen-bond donors (Lipinski definition) is 0. The van der Waals surface area contributed by atoms with Crippen LogP contribution in [0.3, 0.4) is 0 Å². The van der Waals surface area contributed by atoms with Gasteiger partial charge in [0.2, 0.25) is 5.78 Å². The van der Waals surface area contributed by atoms with Crippen LogP contribution in [0.15, 0.2) is 18.5 Å². The number of aromatic nitrogens is 5. The second-order valence-electron chi connectivity index (χ2n) is 6.51. The normalized spacial score (nSPS) is 15.0. The molecule has 1 aliphatic heterocycles. The highest BCUT2D eigenvalue weighted by Crippen LogP contribution is 2.19. The van der Waals surface area contributed by atoms with E-state index in [1.54, 1.807) is 0 Å². The Kier molecular flexibility index (Phi) is 3.76. The second-order valence-corrected chi connectivity index (χ2v) is 6.51. The molecule has 0 radical (unpaired) electrons. The van der Waals surface area contributed by atoms with Crippen molar-refractivity contribution in [1.29, 1.82) is 0 Å². The van der Waals surface area contributed by atoms with Gasteiger partial charge in [0.15, 0.2) is 0 Å². The minimum atomic E-state index is 0.788. The van der Waals surface area contributed by atoms with Crippen LogP contribution in [0.4, 0.5) is 0 Å². The molecule has 0 aromatic carbocycles. The van der Waals surface area contributed by atoms with Gasteiger partial charge in [0, 0.05) is 49.8 Å². The summed E-state index contributed by atoms with van der Waals surface area (Å²) in [5.41, 5.74) is 5.69. The summed E-state index contributed by atoms with van der Waals surface area (Å²) >= 11 is 0. The Morgan fingerprint density at radius 2 is 2.04 bits per heavy atom. The standard InChI is InChI=1S/C18H22N6/c1-4-17-19-8-14-5-6-23(11-16(14)22-17)9-15-10-24-13(3)7-12(2)20-18(24)21-15/h7-8,10H,4-6,9,11H2,1-3H3. The van der Waals surface area contributed by atoms with Gasteiger partial charge in [-0.2, -0.15) is 0 Å². The molecule has 0 amide bonds. The second kappa shape index (κ2) is 5.94. The molecule has 0 fully saturated rings. The molecule has 6 heteroatoms. The van der Waals surface area contributed by atoms with E-state index in [2.05, 4.69) is 45.4 Å². The van der Waals surface area contributed by atoms with Crippen LogP contribution in [0.1, 0.15) is 41.1 Å². The van der Waals surface area contributed by atoms with Gasteiger partial charge in [0.1, 0.15) is 5.82 Å². The van der Waals surface area contributed by atoms with Crippen LogP contribution in [-0.4, -0.2) is 35.8 Å². The number of rotatable bonds is 3. The minimum absolute atomic E-state index is 0.788. The van der Waals surface area contributed by atoms with Crippen molar-refractivity contribution >= 4 is 5.78 Å². The van der Waals surface area contributed by atoms with Gasteiger partial charge in [0.05, 0.1) is 11.4 Å². The van der Waals surface area contributed by atoms with E-state index in [0.717, 1.165) is 55.5 Å². The quantitative estimate of drug-likeness (QED) is 0.740. The van der Waals surface area contributed by atoms with Gasteiger partial charge in [-0.05, 0) is 31.9 Å². The number of nitrogens with zero attached hydrogens (tertiary/aromatic N) is 6. The third-order valence-corrected chi connectivity index (χ3v) is 4.59. The summed E-state index contributed by atoms with van der Waals surface area (Å²) in [6.45, 7) is 8.90. The van der Waals surface area contributed by atoms with Crippen LogP contribution in [-0.2, 0) is 25.9 Å². The van der Waals surface area contributed by atoms with Crippen molar-refractivity contribution in [2.45, 2.75) is 46.7 Å². The molecule has 0 bridgehead atoms. The van der Waals surface area contributed by atoms with Crippen molar-refractivity contribution in [3.63, 3.8) is 0 Å². The SMILES string of the molecule is CCc1ncc2c(n1)CN(Cc1cn3c(C)cc(C)nc3n1)CC2. The topological polar surface area (TPSA) is 59.2 Å². The first-order valence-corrected chi connectivity index (χ1v) is 8.50. The molecule has 3 aromatic heterocycles. The number of aryl methyl sites for hydroxylation is 3. The maximum atomic E-state index is 4.70. The predicted molar refractivity (Wildman–Crippen MR) is 91.7 cm³/mol. The molecule has 1 aliphatic rings. The molecular weight excluding hydrogens is 300 g/mol. The fraction of sp³-hybridized carbons (Fsp3) is 0.444. The highest BCUT2D eigenvalue weighted by Gasteiger charge is 2.19. The van der Waals surface area contributed by atoms with E-state index >= 15 is 0 Å². The number of imidazole rings is 1. The zero-order valence-corrected chi connectivity index (χ0v) is 14.5. The molecule has 124 valence electrons. The van der Waals surface area contributed by atoms with Crippen LogP contribution in [0.2, 0.25) is 0 Å². The summed E-state index contributed by atoms with van der Waals surface area (Å²) in [6, 6.07) is 2.08. The Bertz CT molecular complexity index is 898. The Morgan fingerprint density at radius 1 is 1.17 bits per heavy atom. The van der Waals surface area contributed by atoms with Gasteiger partial charge in [-0.1, -0.05) is 6.92 Å². The Hall–Kier alpha value is -2.34. The minimum Gasteiger partial charge on any atom is -0.291 e. The predicted octanol–water partition coefficient (Wildman–Crippen LogP) is 2.26. The highest BCUT2D eigenvalue weighted by atomic mass is 15.2. The van der Waals surface area contributed by atoms with Gasteiger partial charge < -0.3 is 0 Å². The lowest BCUT2D eigenvalue weighted by molar-refractivity contribution is 0.238. The third-order valence-electron chi connectivity index (χ3n) is 4.59. The van der Waals surface area contributed by atoms with E-state index in [4.69, 9.17) is 9.97 Å². The Balaban J connectivity index is 1.56. The Morgan fingerprint density at radius 3 is 2.88 bits per heavy atom. The zero-order valence-electron chi connectivity index (χ0n) is 14.5. The van der Waals surface area contributed by atoms with E-state index in [9.17, 15) is 0 Å². The number of hydrogen-bond acceptors (Lipinski definition) is 5. The first-order valence-electron chi connectivity index (χ1n) is 8.50. The fourth-order valence-electron chi connectivity index (χ4n) is 3.33. The zero-order chi connectivity index (χ0) is 16.7. The summed E-state index contributed by atoms with van der Waals surface area (Å²) in [6.07, 6.45) is 5.98. The largest absolute Gasteiger partial charge is 0.291 e. The first-order chi connectivity index (χ1) is 11.6. The average Bonchev–Trinajstić information content (AvgIpc) is 2.96. The molecule has 3 aromatic rings. The van der Waals surface area contributed by atoms with Crippen LogP contribution in [0.5, 0.6) is 0 Å². The van der Waals surface area contributed by atoms with Crippen LogP contribution in [0, 0.1) is 13.8 Å². The molecule has 6 nitrogen and oxygen atoms in total. The monoisotopic (exact) mass is 322 g/mol. The smallest absolute Gasteiger partial charge is 0.234 e. The van der Waals surface area contributed by atoms with E-state index in [1.807, 2.05) is 13.1 Å². The molecule has 0 N–H and O–H groups in total. The van der Waals surface area contributed by atoms with Gasteiger partial charge in [-0.3, -0.25) is 9.30 Å². The van der Waals surface area contributed by atoms with Crippen LogP contribution >= 0.6 is 0 Å². The molecule has 0 unspecified atom stereocenters. The van der Waals surface area contributed by atoms with Crippen LogP contribution < -0.4 is 0 Å². The third kappa shape index (κ3) is 2.78. The lowest BCUT2D eigenvalue weighted by atomic mass is 10.1. The van der Waals surface area contributed by atoms with Gasteiger partial charge in [-0.15, -0.1) is 0 Å². The summed E-state index contributed by atoms with van der Waals surface area (Å²) in [5.74, 6) is 1.72. The van der Waals surface area contributed by atoms with Gasteiger partial charge in [-0.25, -0.2) is 19.9 Å². The van der Waals surface area contributed by atoms with Crippen LogP contribution in [0.25, 0.3) is 5.78 Å². The van der Waals surface area contributed by atoms with E-state index in [1.165, 1.54) is 17.0 Å². The van der Waals surface area contributed by atoms with Gasteiger partial charge >= 0.3 is 0 Å². The Labute approximate surface area is 141 Å². The van der Waals surface area contributed by atoms with Crippen molar-refractivity contribution in [1.82, 2.24) is 29.2 Å². The van der Waals surface area contributed by atoms with Crippen molar-refractivity contribution < 1.29 is 0 Å². The van der Waals surface area contributed by atoms with Crippen molar-refractivity contribution in [3.8, 4) is 0 Å². The summed E-state index contributed by atoms with van der Waals surface area (Å²) in [5, 5.41) is 0. The highest BCUT2D eigenvalue weighted by molar-refractivity contribution is 5.34. The fourth-order valence-corrected chi connectivity index (χ4v) is 3.33. The lowest BCUT2D eigenvalue weighted by Gasteiger charge is -2.27.